The average Bonchev–Trinajstić information content (AvgIpc) is 3.35. The van der Waals surface area contributed by atoms with Crippen molar-refractivity contribution in [2.45, 2.75) is 29.3 Å². The molecule has 1 amide bonds. The van der Waals surface area contributed by atoms with Crippen LogP contribution in [0.2, 0.25) is 0 Å². The SMILES string of the molecule is O=C1OC2CC(CS(=O)(=O)c3ccc(-c4ccccn4)s3)(C(=O)NO)CC2O1. The predicted octanol–water partition coefficient (Wildman–Crippen LogP) is 1.77. The van der Waals surface area contributed by atoms with E-state index in [0.717, 1.165) is 11.3 Å². The number of hydrogen-bond donors (Lipinski definition) is 2. The maximum atomic E-state index is 13.0. The maximum absolute atomic E-state index is 13.0. The third kappa shape index (κ3) is 3.25. The van der Waals surface area contributed by atoms with E-state index in [4.69, 9.17) is 14.7 Å². The summed E-state index contributed by atoms with van der Waals surface area (Å²) in [6, 6.07) is 8.47. The van der Waals surface area contributed by atoms with E-state index in [0.29, 0.717) is 10.6 Å². The van der Waals surface area contributed by atoms with Gasteiger partial charge in [0.05, 0.1) is 21.7 Å². The molecule has 11 heteroatoms. The zero-order valence-electron chi connectivity index (χ0n) is 14.4. The van der Waals surface area contributed by atoms with Gasteiger partial charge in [-0.2, -0.15) is 0 Å². The van der Waals surface area contributed by atoms with Gasteiger partial charge in [0, 0.05) is 19.0 Å². The van der Waals surface area contributed by atoms with Gasteiger partial charge in [-0.05, 0) is 24.3 Å². The number of thiophene rings is 1. The monoisotopic (exact) mass is 424 g/mol. The van der Waals surface area contributed by atoms with Crippen molar-refractivity contribution >= 4 is 33.2 Å². The van der Waals surface area contributed by atoms with Crippen molar-refractivity contribution in [2.24, 2.45) is 5.41 Å². The number of aromatic nitrogens is 1. The molecule has 28 heavy (non-hydrogen) atoms. The molecule has 2 fully saturated rings. The summed E-state index contributed by atoms with van der Waals surface area (Å²) in [4.78, 5) is 28.5. The van der Waals surface area contributed by atoms with E-state index in [9.17, 15) is 18.0 Å². The molecule has 2 aromatic rings. The Labute approximate surface area is 164 Å². The lowest BCUT2D eigenvalue weighted by molar-refractivity contribution is -0.139. The van der Waals surface area contributed by atoms with Crippen LogP contribution in [0.4, 0.5) is 4.79 Å². The number of sulfone groups is 1. The summed E-state index contributed by atoms with van der Waals surface area (Å²) in [5.41, 5.74) is 0.734. The highest BCUT2D eigenvalue weighted by atomic mass is 32.2. The molecule has 1 aliphatic heterocycles. The Morgan fingerprint density at radius 3 is 2.57 bits per heavy atom. The normalized spacial score (nSPS) is 26.4. The summed E-state index contributed by atoms with van der Waals surface area (Å²) in [5, 5.41) is 9.15. The fourth-order valence-electron chi connectivity index (χ4n) is 3.68. The van der Waals surface area contributed by atoms with E-state index in [-0.39, 0.29) is 17.1 Å². The number of ether oxygens (including phenoxy) is 2. The fourth-order valence-corrected chi connectivity index (χ4v) is 6.86. The molecule has 0 bridgehead atoms. The van der Waals surface area contributed by atoms with Crippen molar-refractivity contribution in [3.63, 3.8) is 0 Å². The standard InChI is InChI=1S/C17H16N2O7S2/c20-15(19-22)17(7-11-12(8-17)26-16(21)25-11)9-28(23,24)14-5-4-13(27-14)10-3-1-2-6-18-10/h1-6,11-12,22H,7-9H2,(H,19,20). The Morgan fingerprint density at radius 2 is 1.96 bits per heavy atom. The summed E-state index contributed by atoms with van der Waals surface area (Å²) in [6.07, 6.45) is -0.752. The van der Waals surface area contributed by atoms with Gasteiger partial charge >= 0.3 is 6.16 Å². The van der Waals surface area contributed by atoms with Crippen LogP contribution in [0, 0.1) is 5.41 Å². The highest BCUT2D eigenvalue weighted by Crippen LogP contribution is 2.46. The van der Waals surface area contributed by atoms with Gasteiger partial charge in [0.25, 0.3) is 5.91 Å². The van der Waals surface area contributed by atoms with Crippen LogP contribution < -0.4 is 5.48 Å². The first-order chi connectivity index (χ1) is 13.3. The molecule has 2 aromatic heterocycles. The van der Waals surface area contributed by atoms with Gasteiger partial charge in [0.1, 0.15) is 16.4 Å². The van der Waals surface area contributed by atoms with E-state index in [1.165, 1.54) is 6.07 Å². The van der Waals surface area contributed by atoms with Gasteiger partial charge in [-0.25, -0.2) is 18.7 Å². The molecular weight excluding hydrogens is 408 g/mol. The van der Waals surface area contributed by atoms with Gasteiger partial charge in [-0.1, -0.05) is 6.07 Å². The molecule has 1 saturated carbocycles. The van der Waals surface area contributed by atoms with Crippen LogP contribution in [-0.4, -0.2) is 48.6 Å². The molecule has 1 aliphatic carbocycles. The molecule has 2 aliphatic rings. The first-order valence-electron chi connectivity index (χ1n) is 8.39. The van der Waals surface area contributed by atoms with Crippen LogP contribution in [0.1, 0.15) is 12.8 Å². The fraction of sp³-hybridized carbons (Fsp3) is 0.353. The summed E-state index contributed by atoms with van der Waals surface area (Å²) < 4.78 is 36.1. The number of pyridine rings is 1. The third-order valence-corrected chi connectivity index (χ3v) is 8.54. The molecule has 4 rings (SSSR count). The summed E-state index contributed by atoms with van der Waals surface area (Å²) in [7, 11) is -3.87. The zero-order valence-corrected chi connectivity index (χ0v) is 16.0. The van der Waals surface area contributed by atoms with Crippen molar-refractivity contribution in [3.05, 3.63) is 36.5 Å². The van der Waals surface area contributed by atoms with Crippen LogP contribution in [0.5, 0.6) is 0 Å². The second-order valence-electron chi connectivity index (χ2n) is 6.78. The molecule has 1 saturated heterocycles. The molecule has 9 nitrogen and oxygen atoms in total. The van der Waals surface area contributed by atoms with Crippen molar-refractivity contribution in [1.82, 2.24) is 10.5 Å². The van der Waals surface area contributed by atoms with Gasteiger partial charge in [-0.3, -0.25) is 15.0 Å². The van der Waals surface area contributed by atoms with E-state index in [2.05, 4.69) is 4.98 Å². The molecule has 0 radical (unpaired) electrons. The van der Waals surface area contributed by atoms with Crippen LogP contribution in [0.15, 0.2) is 40.7 Å². The molecular formula is C17H16N2O7S2. The van der Waals surface area contributed by atoms with Crippen molar-refractivity contribution < 1.29 is 32.7 Å². The Kier molecular flexibility index (Phi) is 4.60. The lowest BCUT2D eigenvalue weighted by Gasteiger charge is -2.26. The molecule has 0 spiro atoms. The number of nitrogens with zero attached hydrogens (tertiary/aromatic N) is 1. The number of rotatable bonds is 5. The minimum atomic E-state index is -3.87. The summed E-state index contributed by atoms with van der Waals surface area (Å²) >= 11 is 1.05. The van der Waals surface area contributed by atoms with E-state index in [1.807, 2.05) is 0 Å². The minimum Gasteiger partial charge on any atom is -0.427 e. The Bertz CT molecular complexity index is 1000. The van der Waals surface area contributed by atoms with Crippen molar-refractivity contribution in [2.75, 3.05) is 5.75 Å². The molecule has 0 aromatic carbocycles. The van der Waals surface area contributed by atoms with E-state index in [1.54, 1.807) is 35.9 Å². The summed E-state index contributed by atoms with van der Waals surface area (Å²) in [6.45, 7) is 0. The van der Waals surface area contributed by atoms with Crippen LogP contribution in [0.3, 0.4) is 0 Å². The molecule has 2 N–H and O–H groups in total. The smallest absolute Gasteiger partial charge is 0.427 e. The van der Waals surface area contributed by atoms with Crippen LogP contribution in [-0.2, 0) is 24.1 Å². The Balaban J connectivity index is 1.61. The quantitative estimate of drug-likeness (QED) is 0.422. The topological polar surface area (TPSA) is 132 Å². The number of hydrogen-bond acceptors (Lipinski definition) is 9. The zero-order chi connectivity index (χ0) is 19.9. The van der Waals surface area contributed by atoms with Gasteiger partial charge < -0.3 is 9.47 Å². The van der Waals surface area contributed by atoms with Gasteiger partial charge in [0.2, 0.25) is 0 Å². The van der Waals surface area contributed by atoms with Crippen LogP contribution >= 0.6 is 11.3 Å². The Morgan fingerprint density at radius 1 is 1.25 bits per heavy atom. The second kappa shape index (κ2) is 6.83. The first-order valence-corrected chi connectivity index (χ1v) is 10.9. The van der Waals surface area contributed by atoms with E-state index >= 15 is 0 Å². The highest BCUT2D eigenvalue weighted by Gasteiger charge is 2.58. The largest absolute Gasteiger partial charge is 0.509 e. The second-order valence-corrected chi connectivity index (χ2v) is 10.1. The molecule has 3 heterocycles. The number of amides is 1. The third-order valence-electron chi connectivity index (χ3n) is 4.95. The number of carbonyl (C=O) groups excluding carboxylic acids is 2. The number of fused-ring (bicyclic) bond motifs is 1. The Hall–Kier alpha value is -2.50. The number of hydroxylamine groups is 1. The first kappa shape index (κ1) is 18.8. The number of carbonyl (C=O) groups is 2. The summed E-state index contributed by atoms with van der Waals surface area (Å²) in [5.74, 6) is -1.38. The lowest BCUT2D eigenvalue weighted by Crippen LogP contribution is -2.43. The van der Waals surface area contributed by atoms with Gasteiger partial charge in [0.15, 0.2) is 9.84 Å². The highest BCUT2D eigenvalue weighted by molar-refractivity contribution is 7.93. The van der Waals surface area contributed by atoms with E-state index < -0.39 is 45.3 Å². The molecule has 2 unspecified atom stereocenters. The average molecular weight is 424 g/mol. The van der Waals surface area contributed by atoms with Crippen molar-refractivity contribution in [1.29, 1.82) is 0 Å². The number of nitrogens with one attached hydrogen (secondary N) is 1. The van der Waals surface area contributed by atoms with Crippen molar-refractivity contribution in [3.8, 4) is 10.6 Å². The van der Waals surface area contributed by atoms with Gasteiger partial charge in [-0.15, -0.1) is 11.3 Å². The molecule has 2 atom stereocenters. The minimum absolute atomic E-state index is 0.0481. The molecule has 148 valence electrons. The maximum Gasteiger partial charge on any atom is 0.509 e. The van der Waals surface area contributed by atoms with Crippen LogP contribution in [0.25, 0.3) is 10.6 Å². The predicted molar refractivity (Wildman–Crippen MR) is 96.3 cm³/mol. The lowest BCUT2D eigenvalue weighted by atomic mass is 9.87.